The summed E-state index contributed by atoms with van der Waals surface area (Å²) in [7, 11) is 0. The molecule has 2 aromatic carbocycles. The van der Waals surface area contributed by atoms with Gasteiger partial charge in [-0.25, -0.2) is 4.79 Å². The molecule has 7 aromatic rings. The molecule has 47 heavy (non-hydrogen) atoms. The molecule has 0 N–H and O–H groups in total. The Morgan fingerprint density at radius 1 is 0.660 bits per heavy atom. The van der Waals surface area contributed by atoms with Crippen LogP contribution in [0, 0.1) is 29.1 Å². The van der Waals surface area contributed by atoms with Crippen molar-refractivity contribution in [3.05, 3.63) is 75.7 Å². The summed E-state index contributed by atoms with van der Waals surface area (Å²) in [5.74, 6) is 5.77. The van der Waals surface area contributed by atoms with Crippen molar-refractivity contribution in [3.8, 4) is 0 Å². The van der Waals surface area contributed by atoms with E-state index in [0.717, 1.165) is 40.0 Å². The third-order valence-electron chi connectivity index (χ3n) is 15.7. The molecular weight excluding hydrogens is 578 g/mol. The van der Waals surface area contributed by atoms with Gasteiger partial charge < -0.3 is 8.82 Å². The Labute approximate surface area is 270 Å². The second kappa shape index (κ2) is 7.51. The summed E-state index contributed by atoms with van der Waals surface area (Å²) in [6, 6.07) is 10.4. The van der Waals surface area contributed by atoms with Gasteiger partial charge in [-0.2, -0.15) is 0 Å². The summed E-state index contributed by atoms with van der Waals surface area (Å²) < 4.78 is 8.92. The van der Waals surface area contributed by atoms with E-state index >= 15 is 0 Å². The topological polar surface area (TPSA) is 60.4 Å². The minimum absolute atomic E-state index is 0.235. The summed E-state index contributed by atoms with van der Waals surface area (Å²) in [6.07, 6.45) is 17.8. The minimum Gasteiger partial charge on any atom is -0.422 e. The fourth-order valence-corrected chi connectivity index (χ4v) is 14.4. The van der Waals surface area contributed by atoms with E-state index in [4.69, 9.17) is 14.4 Å². The molecule has 0 aliphatic heterocycles. The first kappa shape index (κ1) is 24.2. The SMILES string of the molecule is O=c1oc2cc3c4c5c(ncc4n4c6cnc7c(c6c(c2c2ccccc12)c34)C1CC2CC(CC7C2)C1)C1CC2CC3CC5CC23C1. The standard InChI is InChI=1S/C42H35N3O2/c46-41-27-4-2-1-3-26(27)35-31(47-41)13-28-34-29(16-44-39-23-11-25-12-24-10-22(33(34)39)14-42(24,25)15-23)45-30-17-43-38-21-8-18-5-19(9-21)7-20(6-18)32(38)36(30)37(35)40(28)45/h1-4,13,16-25H,5-12,14-15H2. The molecule has 5 heteroatoms. The summed E-state index contributed by atoms with van der Waals surface area (Å²) in [6.45, 7) is 0. The van der Waals surface area contributed by atoms with E-state index in [0.29, 0.717) is 34.5 Å². The number of pyridine rings is 2. The zero-order chi connectivity index (χ0) is 30.1. The second-order valence-electron chi connectivity index (χ2n) is 17.4. The van der Waals surface area contributed by atoms with Crippen molar-refractivity contribution in [2.75, 3.05) is 0 Å². The van der Waals surface area contributed by atoms with Gasteiger partial charge in [-0.15, -0.1) is 0 Å². The van der Waals surface area contributed by atoms with Crippen LogP contribution in [0.5, 0.6) is 0 Å². The molecule has 7 atom stereocenters. The van der Waals surface area contributed by atoms with Crippen LogP contribution in [-0.2, 0) is 0 Å². The first-order valence-electron chi connectivity index (χ1n) is 18.5. The molecule has 7 unspecified atom stereocenters. The van der Waals surface area contributed by atoms with Gasteiger partial charge in [0.2, 0.25) is 0 Å². The van der Waals surface area contributed by atoms with Crippen LogP contribution >= 0.6 is 0 Å². The number of hydrogen-bond acceptors (Lipinski definition) is 4. The van der Waals surface area contributed by atoms with E-state index in [2.05, 4.69) is 35.0 Å². The summed E-state index contributed by atoms with van der Waals surface area (Å²) in [4.78, 5) is 24.5. The molecule has 5 aromatic heterocycles. The average Bonchev–Trinajstić information content (AvgIpc) is 3.72. The van der Waals surface area contributed by atoms with Crippen molar-refractivity contribution < 1.29 is 4.42 Å². The molecule has 5 fully saturated rings. The Morgan fingerprint density at radius 3 is 2.17 bits per heavy atom. The zero-order valence-corrected chi connectivity index (χ0v) is 26.4. The molecule has 5 saturated carbocycles. The Balaban J connectivity index is 1.22. The lowest BCUT2D eigenvalue weighted by atomic mass is 9.56. The van der Waals surface area contributed by atoms with E-state index in [1.165, 1.54) is 125 Å². The van der Waals surface area contributed by atoms with E-state index < -0.39 is 0 Å². The monoisotopic (exact) mass is 613 g/mol. The van der Waals surface area contributed by atoms with E-state index in [9.17, 15) is 4.79 Å². The average molecular weight is 614 g/mol. The van der Waals surface area contributed by atoms with Crippen molar-refractivity contribution in [1.29, 1.82) is 0 Å². The van der Waals surface area contributed by atoms with E-state index in [1.807, 2.05) is 12.1 Å². The van der Waals surface area contributed by atoms with Crippen molar-refractivity contribution >= 4 is 59.8 Å². The molecule has 0 saturated heterocycles. The highest BCUT2D eigenvalue weighted by atomic mass is 16.4. The van der Waals surface area contributed by atoms with Crippen LogP contribution in [0.25, 0.3) is 59.8 Å². The maximum Gasteiger partial charge on any atom is 0.344 e. The molecule has 0 amide bonds. The van der Waals surface area contributed by atoms with E-state index in [1.54, 1.807) is 0 Å². The van der Waals surface area contributed by atoms with Gasteiger partial charge in [0.1, 0.15) is 5.58 Å². The van der Waals surface area contributed by atoms with Gasteiger partial charge in [0, 0.05) is 55.5 Å². The highest BCUT2D eigenvalue weighted by Crippen LogP contribution is 2.76. The molecule has 0 radical (unpaired) electrons. The molecular formula is C42H35N3O2. The van der Waals surface area contributed by atoms with Crippen LogP contribution in [0.2, 0.25) is 0 Å². The Kier molecular flexibility index (Phi) is 3.86. The van der Waals surface area contributed by atoms with Gasteiger partial charge in [0.15, 0.2) is 0 Å². The van der Waals surface area contributed by atoms with Crippen LogP contribution in [0.15, 0.2) is 51.9 Å². The predicted octanol–water partition coefficient (Wildman–Crippen LogP) is 9.67. The lowest BCUT2D eigenvalue weighted by Crippen LogP contribution is -2.41. The quantitative estimate of drug-likeness (QED) is 0.126. The first-order valence-corrected chi connectivity index (χ1v) is 18.5. The molecule has 8 aliphatic carbocycles. The van der Waals surface area contributed by atoms with Gasteiger partial charge in [0.25, 0.3) is 0 Å². The van der Waals surface area contributed by atoms with Crippen molar-refractivity contribution in [2.45, 2.75) is 87.9 Å². The lowest BCUT2D eigenvalue weighted by Gasteiger charge is -2.48. The highest BCUT2D eigenvalue weighted by molar-refractivity contribution is 6.35. The number of benzene rings is 2. The van der Waals surface area contributed by atoms with E-state index in [-0.39, 0.29) is 5.63 Å². The Bertz CT molecular complexity index is 2690. The van der Waals surface area contributed by atoms with Gasteiger partial charge in [-0.1, -0.05) is 18.2 Å². The Hall–Kier alpha value is -3.99. The second-order valence-corrected chi connectivity index (χ2v) is 17.4. The van der Waals surface area contributed by atoms with Crippen LogP contribution in [0.3, 0.4) is 0 Å². The third kappa shape index (κ3) is 2.53. The molecule has 7 bridgehead atoms. The van der Waals surface area contributed by atoms with Crippen molar-refractivity contribution in [2.24, 2.45) is 29.1 Å². The molecule has 230 valence electrons. The minimum atomic E-state index is -0.235. The smallest absolute Gasteiger partial charge is 0.344 e. The lowest BCUT2D eigenvalue weighted by molar-refractivity contribution is 0.00321. The maximum absolute atomic E-state index is 13.6. The molecule has 5 heterocycles. The summed E-state index contributed by atoms with van der Waals surface area (Å²) >= 11 is 0. The van der Waals surface area contributed by atoms with Crippen LogP contribution in [-0.4, -0.2) is 14.4 Å². The predicted molar refractivity (Wildman–Crippen MR) is 184 cm³/mol. The van der Waals surface area contributed by atoms with Gasteiger partial charge in [-0.3, -0.25) is 9.97 Å². The molecule has 1 spiro atoms. The summed E-state index contributed by atoms with van der Waals surface area (Å²) in [5, 5.41) is 8.11. The highest BCUT2D eigenvalue weighted by Gasteiger charge is 2.66. The van der Waals surface area contributed by atoms with Crippen LogP contribution < -0.4 is 5.63 Å². The van der Waals surface area contributed by atoms with Gasteiger partial charge in [0.05, 0.1) is 34.3 Å². The van der Waals surface area contributed by atoms with Gasteiger partial charge >= 0.3 is 5.63 Å². The summed E-state index contributed by atoms with van der Waals surface area (Å²) in [5.41, 5.74) is 10.7. The normalized spacial score (nSPS) is 35.8. The van der Waals surface area contributed by atoms with Crippen molar-refractivity contribution in [1.82, 2.24) is 14.4 Å². The fraction of sp³-hybridized carbons (Fsp3) is 0.452. The number of rotatable bonds is 0. The number of nitrogens with zero attached hydrogens (tertiary/aromatic N) is 3. The largest absolute Gasteiger partial charge is 0.422 e. The van der Waals surface area contributed by atoms with Crippen LogP contribution in [0.1, 0.15) is 110 Å². The van der Waals surface area contributed by atoms with Crippen LogP contribution in [0.4, 0.5) is 0 Å². The number of hydrogen-bond donors (Lipinski definition) is 0. The Morgan fingerprint density at radius 2 is 1.34 bits per heavy atom. The maximum atomic E-state index is 13.6. The molecule has 5 nitrogen and oxygen atoms in total. The molecule has 8 aliphatic rings. The number of aromatic nitrogens is 3. The third-order valence-corrected chi connectivity index (χ3v) is 15.7. The fourth-order valence-electron chi connectivity index (χ4n) is 14.4. The van der Waals surface area contributed by atoms with Crippen molar-refractivity contribution in [3.63, 3.8) is 0 Å². The zero-order valence-electron chi connectivity index (χ0n) is 26.4. The van der Waals surface area contributed by atoms with Gasteiger partial charge in [-0.05, 0) is 128 Å². The molecule has 15 rings (SSSR count). The number of fused-ring (bicyclic) bond motifs is 16. The first-order chi connectivity index (χ1) is 23.1.